The summed E-state index contributed by atoms with van der Waals surface area (Å²) in [6.45, 7) is 0. The topological polar surface area (TPSA) is 17.8 Å². The Hall–Kier alpha value is -0.134. The predicted molar refractivity (Wildman–Crippen MR) is 77.9 cm³/mol. The van der Waals surface area contributed by atoms with E-state index in [1.165, 1.54) is 0 Å². The Morgan fingerprint density at radius 2 is 1.90 bits per heavy atom. The van der Waals surface area contributed by atoms with E-state index < -0.39 is 0 Å². The van der Waals surface area contributed by atoms with Gasteiger partial charge in [-0.2, -0.15) is 11.6 Å². The Morgan fingerprint density at radius 3 is 2.65 bits per heavy atom. The van der Waals surface area contributed by atoms with Crippen LogP contribution in [0.25, 0.3) is 16.8 Å². The SMILES string of the molecule is Clc1cc(-n2c[c-]c(-c3ccccc3Cl)c2)ccn1.[K+]. The molecule has 0 amide bonds. The van der Waals surface area contributed by atoms with E-state index >= 15 is 0 Å². The first-order valence-corrected chi connectivity index (χ1v) is 6.46. The van der Waals surface area contributed by atoms with Crippen molar-refractivity contribution in [3.05, 3.63) is 71.2 Å². The van der Waals surface area contributed by atoms with Crippen molar-refractivity contribution < 1.29 is 51.4 Å². The van der Waals surface area contributed by atoms with Gasteiger partial charge in [-0.25, -0.2) is 4.98 Å². The molecular formula is C15H9Cl2KN2. The second kappa shape index (κ2) is 7.23. The number of pyridine rings is 1. The standard InChI is InChI=1S/C15H9Cl2N2.K/c16-14-4-2-1-3-13(14)11-6-8-19(10-11)12-5-7-18-15(17)9-12;/h1-5,7-10H;/q-1;+1. The molecule has 0 saturated heterocycles. The summed E-state index contributed by atoms with van der Waals surface area (Å²) < 4.78 is 1.94. The van der Waals surface area contributed by atoms with Gasteiger partial charge in [0.25, 0.3) is 0 Å². The van der Waals surface area contributed by atoms with E-state index in [4.69, 9.17) is 23.2 Å². The number of nitrogens with zero attached hydrogens (tertiary/aromatic N) is 2. The molecule has 2 aromatic heterocycles. The molecule has 0 radical (unpaired) electrons. The summed E-state index contributed by atoms with van der Waals surface area (Å²) >= 11 is 12.1. The summed E-state index contributed by atoms with van der Waals surface area (Å²) in [5.74, 6) is 0. The summed E-state index contributed by atoms with van der Waals surface area (Å²) in [6.07, 6.45) is 5.49. The van der Waals surface area contributed by atoms with Crippen LogP contribution < -0.4 is 51.4 Å². The molecule has 94 valence electrons. The average Bonchev–Trinajstić information content (AvgIpc) is 2.89. The van der Waals surface area contributed by atoms with E-state index in [-0.39, 0.29) is 51.4 Å². The number of hydrogen-bond acceptors (Lipinski definition) is 1. The Bertz CT molecular complexity index is 725. The number of halogens is 2. The van der Waals surface area contributed by atoms with Crippen LogP contribution in [0.1, 0.15) is 0 Å². The second-order valence-corrected chi connectivity index (χ2v) is 4.83. The van der Waals surface area contributed by atoms with Gasteiger partial charge in [0.05, 0.1) is 0 Å². The minimum absolute atomic E-state index is 0. The minimum atomic E-state index is 0. The van der Waals surface area contributed by atoms with Crippen LogP contribution >= 0.6 is 23.2 Å². The van der Waals surface area contributed by atoms with Crippen LogP contribution in [0.3, 0.4) is 0 Å². The molecule has 3 aromatic rings. The van der Waals surface area contributed by atoms with Crippen LogP contribution in [0.4, 0.5) is 0 Å². The number of aromatic nitrogens is 2. The molecule has 0 bridgehead atoms. The summed E-state index contributed by atoms with van der Waals surface area (Å²) in [4.78, 5) is 3.97. The third-order valence-electron chi connectivity index (χ3n) is 2.80. The molecule has 2 heterocycles. The zero-order valence-corrected chi connectivity index (χ0v) is 15.5. The van der Waals surface area contributed by atoms with Crippen molar-refractivity contribution in [1.82, 2.24) is 9.55 Å². The van der Waals surface area contributed by atoms with Crippen LogP contribution in [-0.2, 0) is 0 Å². The van der Waals surface area contributed by atoms with E-state index in [0.717, 1.165) is 16.8 Å². The fourth-order valence-electron chi connectivity index (χ4n) is 1.88. The molecule has 3 rings (SSSR count). The van der Waals surface area contributed by atoms with Gasteiger partial charge in [-0.05, 0) is 17.2 Å². The van der Waals surface area contributed by atoms with Crippen LogP contribution in [-0.4, -0.2) is 9.55 Å². The summed E-state index contributed by atoms with van der Waals surface area (Å²) in [5, 5.41) is 1.18. The number of rotatable bonds is 2. The minimum Gasteiger partial charge on any atom is -0.389 e. The summed E-state index contributed by atoms with van der Waals surface area (Å²) in [5.41, 5.74) is 2.84. The van der Waals surface area contributed by atoms with Gasteiger partial charge in [0.2, 0.25) is 0 Å². The first-order valence-electron chi connectivity index (χ1n) is 5.70. The Kier molecular flexibility index (Phi) is 5.87. The van der Waals surface area contributed by atoms with E-state index in [1.807, 2.05) is 47.3 Å². The molecule has 0 N–H and O–H groups in total. The molecular weight excluding hydrogens is 318 g/mol. The average molecular weight is 327 g/mol. The number of hydrogen-bond donors (Lipinski definition) is 0. The van der Waals surface area contributed by atoms with Gasteiger partial charge in [0.1, 0.15) is 5.15 Å². The zero-order chi connectivity index (χ0) is 13.2. The fourth-order valence-corrected chi connectivity index (χ4v) is 2.29. The summed E-state index contributed by atoms with van der Waals surface area (Å²) in [7, 11) is 0. The van der Waals surface area contributed by atoms with Crippen LogP contribution in [0, 0.1) is 6.07 Å². The van der Waals surface area contributed by atoms with Gasteiger partial charge in [-0.1, -0.05) is 53.8 Å². The Labute approximate surface area is 170 Å². The Morgan fingerprint density at radius 1 is 1.10 bits per heavy atom. The molecule has 5 heteroatoms. The van der Waals surface area contributed by atoms with Gasteiger partial charge in [-0.3, -0.25) is 0 Å². The molecule has 20 heavy (non-hydrogen) atoms. The van der Waals surface area contributed by atoms with Gasteiger partial charge in [0.15, 0.2) is 0 Å². The normalized spacial score (nSPS) is 10.1. The van der Waals surface area contributed by atoms with Crippen LogP contribution in [0.2, 0.25) is 10.2 Å². The van der Waals surface area contributed by atoms with E-state index in [1.54, 1.807) is 12.3 Å². The van der Waals surface area contributed by atoms with Crippen molar-refractivity contribution in [3.8, 4) is 16.8 Å². The third kappa shape index (κ3) is 3.54. The van der Waals surface area contributed by atoms with Crippen molar-refractivity contribution in [2.45, 2.75) is 0 Å². The molecule has 0 aliphatic carbocycles. The van der Waals surface area contributed by atoms with E-state index in [9.17, 15) is 0 Å². The largest absolute Gasteiger partial charge is 1.00 e. The summed E-state index contributed by atoms with van der Waals surface area (Å²) in [6, 6.07) is 14.6. The quantitative estimate of drug-likeness (QED) is 0.398. The van der Waals surface area contributed by atoms with Crippen molar-refractivity contribution in [2.24, 2.45) is 0 Å². The maximum absolute atomic E-state index is 6.18. The van der Waals surface area contributed by atoms with Crippen molar-refractivity contribution in [2.75, 3.05) is 0 Å². The van der Waals surface area contributed by atoms with Crippen LogP contribution in [0.5, 0.6) is 0 Å². The van der Waals surface area contributed by atoms with Gasteiger partial charge in [0, 0.05) is 11.9 Å². The predicted octanol–water partition coefficient (Wildman–Crippen LogP) is 1.65. The van der Waals surface area contributed by atoms with Gasteiger partial charge < -0.3 is 4.57 Å². The maximum Gasteiger partial charge on any atom is 1.00 e. The van der Waals surface area contributed by atoms with Crippen molar-refractivity contribution in [3.63, 3.8) is 0 Å². The zero-order valence-electron chi connectivity index (χ0n) is 10.8. The molecule has 0 aliphatic heterocycles. The van der Waals surface area contributed by atoms with Gasteiger partial charge >= 0.3 is 51.4 Å². The van der Waals surface area contributed by atoms with Crippen LogP contribution in [0.15, 0.2) is 55.0 Å². The molecule has 1 aromatic carbocycles. The molecule has 0 fully saturated rings. The maximum atomic E-state index is 6.18. The molecule has 0 aliphatic rings. The number of benzene rings is 1. The molecule has 0 unspecified atom stereocenters. The first-order chi connectivity index (χ1) is 9.24. The Balaban J connectivity index is 0.00000147. The molecule has 2 nitrogen and oxygen atoms in total. The van der Waals surface area contributed by atoms with E-state index in [2.05, 4.69) is 11.1 Å². The third-order valence-corrected chi connectivity index (χ3v) is 3.34. The first kappa shape index (κ1) is 16.2. The van der Waals surface area contributed by atoms with Crippen molar-refractivity contribution >= 4 is 23.2 Å². The second-order valence-electron chi connectivity index (χ2n) is 4.04. The monoisotopic (exact) mass is 326 g/mol. The van der Waals surface area contributed by atoms with Gasteiger partial charge in [-0.15, -0.1) is 11.6 Å². The smallest absolute Gasteiger partial charge is 0.389 e. The van der Waals surface area contributed by atoms with Crippen molar-refractivity contribution in [1.29, 1.82) is 0 Å². The molecule has 0 saturated carbocycles. The van der Waals surface area contributed by atoms with E-state index in [0.29, 0.717) is 10.2 Å². The fraction of sp³-hybridized carbons (Fsp3) is 0. The molecule has 0 spiro atoms. The molecule has 0 atom stereocenters.